The third-order valence-electron chi connectivity index (χ3n) is 9.79. The fraction of sp³-hybridized carbons (Fsp3) is 0.370. The van der Waals surface area contributed by atoms with Crippen molar-refractivity contribution < 1.29 is 43.7 Å². The molecule has 2 aliphatic rings. The second-order valence-electron chi connectivity index (χ2n) is 14.0. The van der Waals surface area contributed by atoms with Gasteiger partial charge >= 0.3 is 0 Å². The van der Waals surface area contributed by atoms with E-state index < -0.39 is 39.2 Å². The van der Waals surface area contributed by atoms with Gasteiger partial charge in [-0.2, -0.15) is 0 Å². The number of oxazole rings is 1. The molecule has 0 spiro atoms. The van der Waals surface area contributed by atoms with Crippen LogP contribution in [0.1, 0.15) is 130 Å². The summed E-state index contributed by atoms with van der Waals surface area (Å²) in [4.78, 5) is 13.1. The molecule has 3 aromatic carbocycles. The van der Waals surface area contributed by atoms with E-state index in [9.17, 15) is 1.37 Å². The second-order valence-corrected chi connectivity index (χ2v) is 14.0. The van der Waals surface area contributed by atoms with E-state index in [1.807, 2.05) is 0 Å². The Bertz CT molecular complexity index is 2560. The molecule has 0 unspecified atom stereocenters. The molecule has 3 heterocycles. The number of nitrogens with zero attached hydrogens (tertiary/aromatic N) is 3. The molecular formula is C46H49IrN3O-2. The van der Waals surface area contributed by atoms with Crippen molar-refractivity contribution in [1.29, 1.82) is 0 Å². The van der Waals surface area contributed by atoms with Crippen molar-refractivity contribution in [3.05, 3.63) is 125 Å². The van der Waals surface area contributed by atoms with Crippen LogP contribution in [0.25, 0.3) is 44.7 Å². The molecule has 2 aliphatic carbocycles. The van der Waals surface area contributed by atoms with Gasteiger partial charge in [0.25, 0.3) is 0 Å². The Morgan fingerprint density at radius 3 is 2.20 bits per heavy atom. The Labute approximate surface area is 337 Å². The molecule has 2 saturated carbocycles. The Balaban J connectivity index is 0.000000280. The number of aryl methyl sites for hydroxylation is 4. The summed E-state index contributed by atoms with van der Waals surface area (Å²) in [5.74, 6) is -1.35. The SMILES string of the molecule is [2H]C([2H])([2H])c1c[c-]c(-c2ccc(C([2H])([2H])[2H])cn2)cc1.[2H]C([2H])([2H])c1cnc(-c2[c-]cc3nc(C4([2H])CCCC4)oc3c2)cc1-c1ccc(C2([2H])CCC(C)(C)CC2)cc1C([2H])([2H])[2H].[Ir]. The van der Waals surface area contributed by atoms with Crippen LogP contribution in [-0.2, 0) is 20.1 Å². The maximum atomic E-state index is 9.22. The summed E-state index contributed by atoms with van der Waals surface area (Å²) in [5.41, 5.74) is 4.83. The summed E-state index contributed by atoms with van der Waals surface area (Å²) in [6.45, 7) is -5.04. The van der Waals surface area contributed by atoms with Gasteiger partial charge in [-0.05, 0) is 115 Å². The number of fused-ring (bicyclic) bond motifs is 1. The Morgan fingerprint density at radius 2 is 1.49 bits per heavy atom. The molecular weight excluding hydrogens is 803 g/mol. The molecule has 0 amide bonds. The number of hydrogen-bond acceptors (Lipinski definition) is 4. The van der Waals surface area contributed by atoms with Crippen molar-refractivity contribution in [2.24, 2.45) is 5.41 Å². The first kappa shape index (κ1) is 22.9. The fourth-order valence-electron chi connectivity index (χ4n) is 6.66. The van der Waals surface area contributed by atoms with E-state index in [2.05, 4.69) is 40.9 Å². The number of pyridine rings is 2. The first-order chi connectivity index (χ1) is 29.7. The third kappa shape index (κ3) is 8.59. The predicted octanol–water partition coefficient (Wildman–Crippen LogP) is 12.5. The first-order valence-electron chi connectivity index (χ1n) is 24.1. The Hall–Kier alpha value is -3.92. The van der Waals surface area contributed by atoms with Crippen molar-refractivity contribution in [1.82, 2.24) is 15.0 Å². The zero-order chi connectivity index (χ0) is 46.7. The monoisotopic (exact) mass is 866 g/mol. The standard InChI is InChI=1S/C33H37N2O.C13H12N.Ir/c1-21-17-25(23-13-15-33(3,4)16-14-23)9-11-27(21)28-19-30(34-20-22(28)2)26-10-12-29-31(18-26)36-32(35-29)24-7-5-6-8-24;1-10-3-6-12(7-4-10)13-8-5-11(2)9-14-13;/h9,11-12,17-20,23-24H,5-8,13-16H2,1-4H3;3-6,8-9H,1-2H3;/q2*-1;/i1D3,2D3,23D,24D;1D3,2D3;. The molecule has 0 bridgehead atoms. The third-order valence-corrected chi connectivity index (χ3v) is 9.79. The molecule has 2 fully saturated rings. The van der Waals surface area contributed by atoms with Gasteiger partial charge in [-0.15, -0.1) is 53.1 Å². The van der Waals surface area contributed by atoms with Gasteiger partial charge in [0, 0.05) is 63.1 Å². The molecule has 0 atom stereocenters. The van der Waals surface area contributed by atoms with Crippen LogP contribution in [0.4, 0.5) is 0 Å². The Morgan fingerprint density at radius 1 is 0.725 bits per heavy atom. The molecule has 51 heavy (non-hydrogen) atoms. The van der Waals surface area contributed by atoms with E-state index >= 15 is 0 Å². The molecule has 4 nitrogen and oxygen atoms in total. The second kappa shape index (κ2) is 15.8. The molecule has 0 saturated heterocycles. The molecule has 265 valence electrons. The van der Waals surface area contributed by atoms with E-state index in [1.165, 1.54) is 30.6 Å². The van der Waals surface area contributed by atoms with Crippen molar-refractivity contribution in [2.75, 3.05) is 0 Å². The normalized spacial score (nSPS) is 22.3. The summed E-state index contributed by atoms with van der Waals surface area (Å²) in [7, 11) is 0. The topological polar surface area (TPSA) is 51.8 Å². The quantitative estimate of drug-likeness (QED) is 0.162. The summed E-state index contributed by atoms with van der Waals surface area (Å²) in [5, 5.41) is 0. The summed E-state index contributed by atoms with van der Waals surface area (Å²) in [6, 6.07) is 23.6. The van der Waals surface area contributed by atoms with Crippen molar-refractivity contribution in [3.8, 4) is 33.6 Å². The zero-order valence-electron chi connectivity index (χ0n) is 42.7. The minimum atomic E-state index is -2.55. The number of benzene rings is 3. The van der Waals surface area contributed by atoms with Crippen molar-refractivity contribution >= 4 is 11.1 Å². The minimum absolute atomic E-state index is 0. The summed E-state index contributed by atoms with van der Waals surface area (Å²) in [6.07, 6.45) is 8.89. The minimum Gasteiger partial charge on any atom is -0.461 e. The van der Waals surface area contributed by atoms with Crippen LogP contribution in [0.15, 0.2) is 83.5 Å². The van der Waals surface area contributed by atoms with E-state index in [1.54, 1.807) is 48.5 Å². The molecule has 8 rings (SSSR count). The fourth-order valence-corrected chi connectivity index (χ4v) is 6.66. The van der Waals surface area contributed by atoms with Crippen molar-refractivity contribution in [3.63, 3.8) is 0 Å². The average molecular weight is 866 g/mol. The van der Waals surface area contributed by atoms with Gasteiger partial charge in [-0.1, -0.05) is 76.0 Å². The van der Waals surface area contributed by atoms with Crippen molar-refractivity contribution in [2.45, 2.75) is 104 Å². The van der Waals surface area contributed by atoms with Gasteiger partial charge in [0.2, 0.25) is 0 Å². The smallest absolute Gasteiger partial charge is 0.186 e. The molecule has 3 aromatic heterocycles. The number of rotatable bonds is 5. The van der Waals surface area contributed by atoms with Gasteiger partial charge in [-0.25, -0.2) is 0 Å². The maximum absolute atomic E-state index is 9.22. The molecule has 0 N–H and O–H groups in total. The van der Waals surface area contributed by atoms with E-state index in [0.717, 1.165) is 25.7 Å². The molecule has 1 radical (unpaired) electrons. The van der Waals surface area contributed by atoms with Crippen LogP contribution in [-0.4, -0.2) is 15.0 Å². The zero-order valence-corrected chi connectivity index (χ0v) is 31.1. The van der Waals surface area contributed by atoms with Crippen LogP contribution < -0.4 is 0 Å². The van der Waals surface area contributed by atoms with Crippen LogP contribution in [0.5, 0.6) is 0 Å². The van der Waals surface area contributed by atoms with Gasteiger partial charge in [0.1, 0.15) is 0 Å². The predicted molar refractivity (Wildman–Crippen MR) is 205 cm³/mol. The van der Waals surface area contributed by atoms with Gasteiger partial charge in [0.15, 0.2) is 5.89 Å². The average Bonchev–Trinajstić information content (AvgIpc) is 3.88. The van der Waals surface area contributed by atoms with E-state index in [0.29, 0.717) is 70.8 Å². The number of hydrogen-bond donors (Lipinski definition) is 0. The van der Waals surface area contributed by atoms with Gasteiger partial charge in [0.05, 0.1) is 5.58 Å². The van der Waals surface area contributed by atoms with Crippen LogP contribution >= 0.6 is 0 Å². The molecule has 0 aliphatic heterocycles. The van der Waals surface area contributed by atoms with Crippen LogP contribution in [0, 0.1) is 45.0 Å². The molecule has 6 aromatic rings. The largest absolute Gasteiger partial charge is 0.461 e. The summed E-state index contributed by atoms with van der Waals surface area (Å²) >= 11 is 0. The van der Waals surface area contributed by atoms with Gasteiger partial charge in [-0.3, -0.25) is 4.98 Å². The van der Waals surface area contributed by atoms with Gasteiger partial charge < -0.3 is 14.4 Å². The number of aromatic nitrogens is 3. The van der Waals surface area contributed by atoms with Crippen LogP contribution in [0.3, 0.4) is 0 Å². The van der Waals surface area contributed by atoms with Crippen LogP contribution in [0.2, 0.25) is 0 Å². The maximum Gasteiger partial charge on any atom is 0.186 e. The van der Waals surface area contributed by atoms with E-state index in [4.69, 9.17) is 22.2 Å². The molecule has 5 heteroatoms. The Kier molecular flexibility index (Phi) is 7.08. The van der Waals surface area contributed by atoms with E-state index in [-0.39, 0.29) is 58.9 Å². The first-order valence-corrected chi connectivity index (χ1v) is 17.1. The summed E-state index contributed by atoms with van der Waals surface area (Å²) < 4.78 is 118.